The lowest BCUT2D eigenvalue weighted by atomic mass is 9.97. The van der Waals surface area contributed by atoms with Gasteiger partial charge in [-0.15, -0.1) is 0 Å². The molecule has 2 rings (SSSR count). The van der Waals surface area contributed by atoms with Gasteiger partial charge in [-0.2, -0.15) is 5.10 Å². The van der Waals surface area contributed by atoms with Crippen LogP contribution in [0.2, 0.25) is 0 Å². The third-order valence-electron chi connectivity index (χ3n) is 3.63. The van der Waals surface area contributed by atoms with Crippen molar-refractivity contribution in [2.45, 2.75) is 58.0 Å². The van der Waals surface area contributed by atoms with Crippen LogP contribution in [-0.2, 0) is 6.54 Å². The van der Waals surface area contributed by atoms with Gasteiger partial charge in [0.2, 0.25) is 0 Å². The standard InChI is InChI=1S/C13H23N3/c1-2-9-16-13(7-8-15-16)12(14)10-11-5-3-4-6-11/h7-8,11-12H,2-6,9-10,14H2,1H3. The number of aromatic nitrogens is 2. The molecule has 1 aromatic heterocycles. The van der Waals surface area contributed by atoms with Crippen molar-refractivity contribution in [3.05, 3.63) is 18.0 Å². The molecule has 1 aromatic rings. The van der Waals surface area contributed by atoms with Gasteiger partial charge in [-0.3, -0.25) is 4.68 Å². The Kier molecular flexibility index (Phi) is 3.99. The van der Waals surface area contributed by atoms with Crippen LogP contribution in [-0.4, -0.2) is 9.78 Å². The third kappa shape index (κ3) is 2.64. The highest BCUT2D eigenvalue weighted by molar-refractivity contribution is 5.06. The maximum Gasteiger partial charge on any atom is 0.0551 e. The molecule has 0 aromatic carbocycles. The Hall–Kier alpha value is -0.830. The summed E-state index contributed by atoms with van der Waals surface area (Å²) in [5, 5.41) is 4.34. The van der Waals surface area contributed by atoms with Gasteiger partial charge >= 0.3 is 0 Å². The zero-order chi connectivity index (χ0) is 11.4. The molecule has 0 spiro atoms. The van der Waals surface area contributed by atoms with E-state index in [1.54, 1.807) is 0 Å². The fraction of sp³-hybridized carbons (Fsp3) is 0.769. The largest absolute Gasteiger partial charge is 0.323 e. The molecule has 3 nitrogen and oxygen atoms in total. The molecule has 0 saturated heterocycles. The number of aryl methyl sites for hydroxylation is 1. The van der Waals surface area contributed by atoms with Crippen LogP contribution >= 0.6 is 0 Å². The molecule has 1 aliphatic carbocycles. The Morgan fingerprint density at radius 1 is 1.50 bits per heavy atom. The molecule has 1 unspecified atom stereocenters. The van der Waals surface area contributed by atoms with Crippen LogP contribution in [0.3, 0.4) is 0 Å². The Balaban J connectivity index is 1.96. The van der Waals surface area contributed by atoms with E-state index in [-0.39, 0.29) is 6.04 Å². The maximum absolute atomic E-state index is 6.29. The van der Waals surface area contributed by atoms with Crippen molar-refractivity contribution in [3.8, 4) is 0 Å². The van der Waals surface area contributed by atoms with Gasteiger partial charge in [-0.25, -0.2) is 0 Å². The molecule has 1 aliphatic rings. The van der Waals surface area contributed by atoms with Crippen molar-refractivity contribution >= 4 is 0 Å². The molecule has 16 heavy (non-hydrogen) atoms. The quantitative estimate of drug-likeness (QED) is 0.831. The number of hydrogen-bond donors (Lipinski definition) is 1. The molecular formula is C13H23N3. The smallest absolute Gasteiger partial charge is 0.0551 e. The van der Waals surface area contributed by atoms with E-state index in [0.29, 0.717) is 0 Å². The highest BCUT2D eigenvalue weighted by Crippen LogP contribution is 2.31. The predicted molar refractivity (Wildman–Crippen MR) is 66.0 cm³/mol. The molecule has 0 bridgehead atoms. The molecule has 3 heteroatoms. The predicted octanol–water partition coefficient (Wildman–Crippen LogP) is 2.87. The van der Waals surface area contributed by atoms with E-state index in [0.717, 1.165) is 25.3 Å². The fourth-order valence-corrected chi connectivity index (χ4v) is 2.78. The minimum atomic E-state index is 0.178. The minimum absolute atomic E-state index is 0.178. The summed E-state index contributed by atoms with van der Waals surface area (Å²) >= 11 is 0. The average Bonchev–Trinajstić information content (AvgIpc) is 2.89. The van der Waals surface area contributed by atoms with Crippen LogP contribution in [0.5, 0.6) is 0 Å². The second-order valence-electron chi connectivity index (χ2n) is 4.97. The lowest BCUT2D eigenvalue weighted by Crippen LogP contribution is -2.18. The van der Waals surface area contributed by atoms with Crippen molar-refractivity contribution < 1.29 is 0 Å². The number of hydrogen-bond acceptors (Lipinski definition) is 2. The fourth-order valence-electron chi connectivity index (χ4n) is 2.78. The van der Waals surface area contributed by atoms with Gasteiger partial charge in [-0.1, -0.05) is 32.6 Å². The van der Waals surface area contributed by atoms with Gasteiger partial charge in [0.25, 0.3) is 0 Å². The molecule has 90 valence electrons. The first kappa shape index (κ1) is 11.6. The zero-order valence-electron chi connectivity index (χ0n) is 10.2. The van der Waals surface area contributed by atoms with Gasteiger partial charge in [0.05, 0.1) is 5.69 Å². The van der Waals surface area contributed by atoms with Gasteiger partial charge in [0.15, 0.2) is 0 Å². The molecule has 2 N–H and O–H groups in total. The molecule has 1 heterocycles. The Bertz CT molecular complexity index is 313. The summed E-state index contributed by atoms with van der Waals surface area (Å²) in [6, 6.07) is 2.26. The molecule has 0 aliphatic heterocycles. The van der Waals surface area contributed by atoms with Crippen LogP contribution in [0.1, 0.15) is 57.2 Å². The lowest BCUT2D eigenvalue weighted by Gasteiger charge is -2.17. The number of nitrogens with zero attached hydrogens (tertiary/aromatic N) is 2. The molecule has 1 saturated carbocycles. The highest BCUT2D eigenvalue weighted by Gasteiger charge is 2.20. The topological polar surface area (TPSA) is 43.8 Å². The summed E-state index contributed by atoms with van der Waals surface area (Å²) in [7, 11) is 0. The van der Waals surface area contributed by atoms with Gasteiger partial charge in [0.1, 0.15) is 0 Å². The maximum atomic E-state index is 6.29. The monoisotopic (exact) mass is 221 g/mol. The summed E-state index contributed by atoms with van der Waals surface area (Å²) in [4.78, 5) is 0. The first-order chi connectivity index (χ1) is 7.81. The van der Waals surface area contributed by atoms with Gasteiger partial charge < -0.3 is 5.73 Å². The summed E-state index contributed by atoms with van der Waals surface area (Å²) in [6.45, 7) is 3.16. The summed E-state index contributed by atoms with van der Waals surface area (Å²) in [5.41, 5.74) is 7.51. The van der Waals surface area contributed by atoms with Crippen LogP contribution in [0.15, 0.2) is 12.3 Å². The molecular weight excluding hydrogens is 198 g/mol. The Labute approximate surface area is 98.0 Å². The van der Waals surface area contributed by atoms with Gasteiger partial charge in [-0.05, 0) is 24.8 Å². The van der Waals surface area contributed by atoms with Crippen molar-refractivity contribution in [1.82, 2.24) is 9.78 Å². The highest BCUT2D eigenvalue weighted by atomic mass is 15.3. The first-order valence-corrected chi connectivity index (χ1v) is 6.58. The normalized spacial score (nSPS) is 19.1. The third-order valence-corrected chi connectivity index (χ3v) is 3.63. The van der Waals surface area contributed by atoms with Gasteiger partial charge in [0, 0.05) is 18.8 Å². The zero-order valence-corrected chi connectivity index (χ0v) is 10.2. The number of rotatable bonds is 5. The average molecular weight is 221 g/mol. The lowest BCUT2D eigenvalue weighted by molar-refractivity contribution is 0.427. The summed E-state index contributed by atoms with van der Waals surface area (Å²) in [6.07, 6.45) is 9.65. The van der Waals surface area contributed by atoms with E-state index < -0.39 is 0 Å². The van der Waals surface area contributed by atoms with Crippen molar-refractivity contribution in [3.63, 3.8) is 0 Å². The van der Waals surface area contributed by atoms with Crippen molar-refractivity contribution in [1.29, 1.82) is 0 Å². The SMILES string of the molecule is CCCn1nccc1C(N)CC1CCCC1. The van der Waals surface area contributed by atoms with Crippen LogP contribution in [0, 0.1) is 5.92 Å². The van der Waals surface area contributed by atoms with Crippen LogP contribution < -0.4 is 5.73 Å². The summed E-state index contributed by atoms with van der Waals surface area (Å²) in [5.74, 6) is 0.847. The minimum Gasteiger partial charge on any atom is -0.323 e. The Morgan fingerprint density at radius 2 is 2.25 bits per heavy atom. The van der Waals surface area contributed by atoms with E-state index >= 15 is 0 Å². The van der Waals surface area contributed by atoms with E-state index in [1.165, 1.54) is 31.4 Å². The summed E-state index contributed by atoms with van der Waals surface area (Å²) < 4.78 is 2.07. The van der Waals surface area contributed by atoms with E-state index in [9.17, 15) is 0 Å². The second-order valence-corrected chi connectivity index (χ2v) is 4.97. The van der Waals surface area contributed by atoms with Crippen molar-refractivity contribution in [2.24, 2.45) is 11.7 Å². The Morgan fingerprint density at radius 3 is 2.94 bits per heavy atom. The van der Waals surface area contributed by atoms with Crippen LogP contribution in [0.4, 0.5) is 0 Å². The van der Waals surface area contributed by atoms with Crippen LogP contribution in [0.25, 0.3) is 0 Å². The van der Waals surface area contributed by atoms with Crippen molar-refractivity contribution in [2.75, 3.05) is 0 Å². The number of nitrogens with two attached hydrogens (primary N) is 1. The van der Waals surface area contributed by atoms with E-state index in [2.05, 4.69) is 22.8 Å². The van der Waals surface area contributed by atoms with E-state index in [1.807, 2.05) is 6.20 Å². The molecule has 0 radical (unpaired) electrons. The van der Waals surface area contributed by atoms with E-state index in [4.69, 9.17) is 5.73 Å². The first-order valence-electron chi connectivity index (χ1n) is 6.58. The molecule has 0 amide bonds. The second kappa shape index (κ2) is 5.48. The molecule has 1 fully saturated rings. The molecule has 1 atom stereocenters.